The maximum absolute atomic E-state index is 5.40. The molecule has 0 aromatic carbocycles. The van der Waals surface area contributed by atoms with Crippen molar-refractivity contribution in [3.8, 4) is 0 Å². The van der Waals surface area contributed by atoms with E-state index in [4.69, 9.17) is 5.14 Å². The summed E-state index contributed by atoms with van der Waals surface area (Å²) in [7, 11) is 0. The molecular weight excluding hydrogens is 130 g/mol. The van der Waals surface area contributed by atoms with Gasteiger partial charge in [0.2, 0.25) is 0 Å². The molecule has 0 fully saturated rings. The average Bonchev–Trinajstić information content (AvgIpc) is 1.89. The highest BCUT2D eigenvalue weighted by Crippen LogP contribution is 2.23. The van der Waals surface area contributed by atoms with Gasteiger partial charge in [-0.25, -0.2) is 0 Å². The Balaban J connectivity index is 2.72. The van der Waals surface area contributed by atoms with Gasteiger partial charge in [0.25, 0.3) is 0 Å². The maximum atomic E-state index is 5.40. The fourth-order valence-electron chi connectivity index (χ4n) is 0.896. The summed E-state index contributed by atoms with van der Waals surface area (Å²) in [6.45, 7) is 2.14. The molecule has 2 heteroatoms. The molecule has 0 amide bonds. The minimum atomic E-state index is 1.18. The van der Waals surface area contributed by atoms with Crippen LogP contribution in [0.1, 0.15) is 19.8 Å². The van der Waals surface area contributed by atoms with Gasteiger partial charge >= 0.3 is 0 Å². The predicted molar refractivity (Wildman–Crippen MR) is 42.9 cm³/mol. The van der Waals surface area contributed by atoms with Crippen LogP contribution >= 0.6 is 11.9 Å². The van der Waals surface area contributed by atoms with E-state index < -0.39 is 0 Å². The fraction of sp³-hybridized carbons (Fsp3) is 0.429. The largest absolute Gasteiger partial charge is 0.274 e. The van der Waals surface area contributed by atoms with Gasteiger partial charge in [-0.2, -0.15) is 0 Å². The van der Waals surface area contributed by atoms with Crippen molar-refractivity contribution in [2.45, 2.75) is 19.8 Å². The molecule has 0 heterocycles. The van der Waals surface area contributed by atoms with Gasteiger partial charge in [-0.1, -0.05) is 17.7 Å². The van der Waals surface area contributed by atoms with Crippen molar-refractivity contribution in [2.75, 3.05) is 0 Å². The van der Waals surface area contributed by atoms with Crippen LogP contribution in [0.5, 0.6) is 0 Å². The van der Waals surface area contributed by atoms with E-state index >= 15 is 0 Å². The number of hydrogen-bond donors (Lipinski definition) is 1. The summed E-state index contributed by atoms with van der Waals surface area (Å²) in [6, 6.07) is 0. The lowest BCUT2D eigenvalue weighted by Crippen LogP contribution is -1.90. The maximum Gasteiger partial charge on any atom is 0.0212 e. The first-order chi connectivity index (χ1) is 4.34. The molecule has 0 spiro atoms. The van der Waals surface area contributed by atoms with Crippen LogP contribution < -0.4 is 5.14 Å². The van der Waals surface area contributed by atoms with Crippen molar-refractivity contribution >= 4 is 11.9 Å². The van der Waals surface area contributed by atoms with Crippen molar-refractivity contribution in [2.24, 2.45) is 5.14 Å². The number of rotatable bonds is 1. The fourth-order valence-corrected chi connectivity index (χ4v) is 1.37. The molecule has 1 aliphatic rings. The van der Waals surface area contributed by atoms with Crippen LogP contribution in [0, 0.1) is 0 Å². The third kappa shape index (κ3) is 1.60. The second-order valence-electron chi connectivity index (χ2n) is 2.20. The van der Waals surface area contributed by atoms with Crippen molar-refractivity contribution in [1.82, 2.24) is 0 Å². The summed E-state index contributed by atoms with van der Waals surface area (Å²) in [5.41, 5.74) is 1.42. The highest BCUT2D eigenvalue weighted by Gasteiger charge is 2.01. The van der Waals surface area contributed by atoms with Crippen LogP contribution in [0.2, 0.25) is 0 Å². The molecule has 0 aliphatic heterocycles. The van der Waals surface area contributed by atoms with Gasteiger partial charge < -0.3 is 0 Å². The van der Waals surface area contributed by atoms with E-state index in [0.29, 0.717) is 0 Å². The molecule has 0 aromatic rings. The number of hydrogen-bond acceptors (Lipinski definition) is 2. The monoisotopic (exact) mass is 141 g/mol. The van der Waals surface area contributed by atoms with Crippen LogP contribution in [0.3, 0.4) is 0 Å². The van der Waals surface area contributed by atoms with Crippen LogP contribution in [0.15, 0.2) is 22.6 Å². The van der Waals surface area contributed by atoms with Crippen molar-refractivity contribution in [3.63, 3.8) is 0 Å². The van der Waals surface area contributed by atoms with Crippen molar-refractivity contribution in [1.29, 1.82) is 0 Å². The molecular formula is C7H11NS. The van der Waals surface area contributed by atoms with E-state index in [9.17, 15) is 0 Å². The Kier molecular flexibility index (Phi) is 2.37. The summed E-state index contributed by atoms with van der Waals surface area (Å²) in [5, 5.41) is 5.40. The third-order valence-corrected chi connectivity index (χ3v) is 2.24. The van der Waals surface area contributed by atoms with E-state index in [2.05, 4.69) is 19.1 Å². The van der Waals surface area contributed by atoms with Crippen molar-refractivity contribution in [3.05, 3.63) is 22.6 Å². The molecule has 1 aliphatic carbocycles. The van der Waals surface area contributed by atoms with Gasteiger partial charge in [0.05, 0.1) is 0 Å². The van der Waals surface area contributed by atoms with Gasteiger partial charge in [-0.15, -0.1) is 0 Å². The SMILES string of the molecule is CC1=C(SN)C=CCC1. The Morgan fingerprint density at radius 3 is 2.89 bits per heavy atom. The number of allylic oxidation sites excluding steroid dienone is 3. The summed E-state index contributed by atoms with van der Waals surface area (Å²) in [5.74, 6) is 0. The van der Waals surface area contributed by atoms with E-state index in [1.165, 1.54) is 35.3 Å². The first kappa shape index (κ1) is 6.90. The first-order valence-electron chi connectivity index (χ1n) is 3.07. The second kappa shape index (κ2) is 3.08. The topological polar surface area (TPSA) is 26.0 Å². The zero-order chi connectivity index (χ0) is 6.69. The third-order valence-electron chi connectivity index (χ3n) is 1.50. The van der Waals surface area contributed by atoms with Gasteiger partial charge in [0.1, 0.15) is 0 Å². The van der Waals surface area contributed by atoms with E-state index in [1.54, 1.807) is 0 Å². The van der Waals surface area contributed by atoms with Gasteiger partial charge in [0.15, 0.2) is 0 Å². The van der Waals surface area contributed by atoms with Crippen molar-refractivity contribution < 1.29 is 0 Å². The Bertz CT molecular complexity index is 158. The van der Waals surface area contributed by atoms with Crippen LogP contribution in [0.25, 0.3) is 0 Å². The Morgan fingerprint density at radius 2 is 2.44 bits per heavy atom. The Morgan fingerprint density at radius 1 is 1.67 bits per heavy atom. The van der Waals surface area contributed by atoms with Crippen LogP contribution in [0.4, 0.5) is 0 Å². The lowest BCUT2D eigenvalue weighted by molar-refractivity contribution is 0.957. The quantitative estimate of drug-likeness (QED) is 0.567. The molecule has 0 unspecified atom stereocenters. The molecule has 0 bridgehead atoms. The highest BCUT2D eigenvalue weighted by atomic mass is 32.2. The highest BCUT2D eigenvalue weighted by molar-refractivity contribution is 8.01. The second-order valence-corrected chi connectivity index (χ2v) is 2.88. The van der Waals surface area contributed by atoms with Gasteiger partial charge in [-0.3, -0.25) is 5.14 Å². The first-order valence-corrected chi connectivity index (χ1v) is 3.95. The standard InChI is InChI=1S/C7H11NS/c1-6-4-2-3-5-7(6)9-8/h3,5H,2,4,8H2,1H3. The van der Waals surface area contributed by atoms with E-state index in [1.807, 2.05) is 0 Å². The minimum absolute atomic E-state index is 1.18. The summed E-state index contributed by atoms with van der Waals surface area (Å²) in [4.78, 5) is 1.24. The van der Waals surface area contributed by atoms with Gasteiger partial charge in [-0.05, 0) is 31.7 Å². The minimum Gasteiger partial charge on any atom is -0.274 e. The average molecular weight is 141 g/mol. The molecule has 0 saturated carbocycles. The molecule has 1 rings (SSSR count). The van der Waals surface area contributed by atoms with Gasteiger partial charge in [0, 0.05) is 4.91 Å². The van der Waals surface area contributed by atoms with E-state index in [-0.39, 0.29) is 0 Å². The van der Waals surface area contributed by atoms with Crippen LogP contribution in [-0.4, -0.2) is 0 Å². The Hall–Kier alpha value is -0.210. The molecule has 0 atom stereocenters. The van der Waals surface area contributed by atoms with Crippen LogP contribution in [-0.2, 0) is 0 Å². The predicted octanol–water partition coefficient (Wildman–Crippen LogP) is 2.22. The smallest absolute Gasteiger partial charge is 0.0212 e. The lowest BCUT2D eigenvalue weighted by atomic mass is 10.1. The Labute approximate surface area is 60.1 Å². The molecule has 0 aromatic heterocycles. The zero-order valence-electron chi connectivity index (χ0n) is 5.55. The molecule has 0 radical (unpaired) electrons. The summed E-state index contributed by atoms with van der Waals surface area (Å²) < 4.78 is 0. The lowest BCUT2D eigenvalue weighted by Gasteiger charge is -2.08. The zero-order valence-corrected chi connectivity index (χ0v) is 6.37. The molecule has 1 nitrogen and oxygen atoms in total. The summed E-state index contributed by atoms with van der Waals surface area (Å²) in [6.07, 6.45) is 6.62. The normalized spacial score (nSPS) is 18.9. The van der Waals surface area contributed by atoms with E-state index in [0.717, 1.165) is 0 Å². The summed E-state index contributed by atoms with van der Waals surface area (Å²) >= 11 is 1.35. The molecule has 2 N–H and O–H groups in total. The number of nitrogens with two attached hydrogens (primary N) is 1. The molecule has 9 heavy (non-hydrogen) atoms. The molecule has 50 valence electrons. The molecule has 0 saturated heterocycles.